The molecule has 0 saturated heterocycles. The number of nitrogens with zero attached hydrogens (tertiary/aromatic N) is 4. The van der Waals surface area contributed by atoms with Crippen molar-refractivity contribution in [1.29, 1.82) is 21.0 Å². The fourth-order valence-corrected chi connectivity index (χ4v) is 6.71. The van der Waals surface area contributed by atoms with E-state index in [0.717, 1.165) is 0 Å². The van der Waals surface area contributed by atoms with Crippen molar-refractivity contribution in [3.05, 3.63) is 35.5 Å². The number of fused-ring (bicyclic) bond motifs is 21. The third-order valence-electron chi connectivity index (χ3n) is 8.57. The van der Waals surface area contributed by atoms with E-state index in [1.165, 1.54) is 12.1 Å². The van der Waals surface area contributed by atoms with Gasteiger partial charge in [0.2, 0.25) is 11.8 Å². The van der Waals surface area contributed by atoms with Gasteiger partial charge in [-0.3, -0.25) is 0 Å². The van der Waals surface area contributed by atoms with Crippen molar-refractivity contribution in [2.75, 3.05) is 0 Å². The molecule has 0 amide bonds. The standard InChI is InChI=1S/C32H2N4O12/c33-3-7(4-34)11-1-9-13-15-17-19-21-20-18-16-14-10-2-12(8(5-35)6-36)38-23(10)40-25(14)42-27(16)44-29(18)46-31(20)48-32(21)47-30(19)45-28(17)43-26(15)41-24(13)39-22(9)37-11/h1-2H. The minimum absolute atomic E-state index is 0.0352. The molecule has 12 aromatic heterocycles. The molecule has 0 aromatic carbocycles. The molecular formula is C32H2N4O12. The second-order valence-corrected chi connectivity index (χ2v) is 10.8. The van der Waals surface area contributed by atoms with E-state index < -0.39 is 0 Å². The van der Waals surface area contributed by atoms with Gasteiger partial charge in [0.15, 0.2) is 0 Å². The van der Waals surface area contributed by atoms with Crippen LogP contribution in [-0.4, -0.2) is 0 Å². The Bertz CT molecular complexity index is 3340. The molecule has 16 heteroatoms. The number of nitriles is 4. The van der Waals surface area contributed by atoms with Gasteiger partial charge < -0.3 is 53.0 Å². The molecule has 16 nitrogen and oxygen atoms in total. The first-order chi connectivity index (χ1) is 23.6. The first-order valence-corrected chi connectivity index (χ1v) is 13.7. The average molecular weight is 634 g/mol. The third kappa shape index (κ3) is 2.40. The quantitative estimate of drug-likeness (QED) is 0.171. The fourth-order valence-electron chi connectivity index (χ4n) is 6.71. The Morgan fingerprint density at radius 3 is 0.812 bits per heavy atom. The van der Waals surface area contributed by atoms with Crippen LogP contribution in [0.25, 0.3) is 123 Å². The summed E-state index contributed by atoms with van der Waals surface area (Å²) in [6.07, 6.45) is 0. The molecule has 222 valence electrons. The molecule has 12 rings (SSSR count). The Morgan fingerprint density at radius 2 is 0.542 bits per heavy atom. The lowest BCUT2D eigenvalue weighted by molar-refractivity contribution is 0.396. The highest BCUT2D eigenvalue weighted by atomic mass is 16.6. The van der Waals surface area contributed by atoms with Gasteiger partial charge in [0.05, 0.1) is 83.5 Å². The van der Waals surface area contributed by atoms with Crippen molar-refractivity contribution in [3.8, 4) is 24.3 Å². The predicted octanol–water partition coefficient (Wildman–Crippen LogP) is 9.43. The van der Waals surface area contributed by atoms with Crippen molar-refractivity contribution in [3.63, 3.8) is 0 Å². The Kier molecular flexibility index (Phi) is 3.60. The van der Waals surface area contributed by atoms with E-state index in [2.05, 4.69) is 0 Å². The highest BCUT2D eigenvalue weighted by Crippen LogP contribution is 2.53. The van der Waals surface area contributed by atoms with Gasteiger partial charge in [-0.05, 0) is 12.1 Å². The van der Waals surface area contributed by atoms with Gasteiger partial charge in [0.1, 0.15) is 11.5 Å². The first-order valence-electron chi connectivity index (χ1n) is 13.7. The Hall–Kier alpha value is -7.82. The number of hydrogen-bond donors (Lipinski definition) is 0. The van der Waals surface area contributed by atoms with Gasteiger partial charge in [-0.2, -0.15) is 21.0 Å². The van der Waals surface area contributed by atoms with Gasteiger partial charge in [0.25, 0.3) is 0 Å². The molecular weight excluding hydrogens is 632 g/mol. The van der Waals surface area contributed by atoms with E-state index in [1.807, 2.05) is 0 Å². The second kappa shape index (κ2) is 7.35. The molecule has 0 unspecified atom stereocenters. The minimum atomic E-state index is -0.228. The van der Waals surface area contributed by atoms with Crippen LogP contribution < -0.4 is 0 Å². The minimum Gasteiger partial charge on any atom is -0.427 e. The number of hydrogen-bond acceptors (Lipinski definition) is 16. The summed E-state index contributed by atoms with van der Waals surface area (Å²) in [6.45, 7) is 0. The van der Waals surface area contributed by atoms with Gasteiger partial charge in [-0.1, -0.05) is 0 Å². The Morgan fingerprint density at radius 1 is 0.312 bits per heavy atom. The lowest BCUT2D eigenvalue weighted by Crippen LogP contribution is -1.88. The van der Waals surface area contributed by atoms with Crippen LogP contribution in [0.3, 0.4) is 0 Å². The summed E-state index contributed by atoms with van der Waals surface area (Å²) in [7, 11) is 0. The molecule has 0 aliphatic rings. The lowest BCUT2D eigenvalue weighted by Gasteiger charge is -1.88. The maximum absolute atomic E-state index is 9.35. The summed E-state index contributed by atoms with van der Waals surface area (Å²) in [4.78, 5) is 0. The van der Waals surface area contributed by atoms with Gasteiger partial charge in [-0.25, -0.2) is 0 Å². The molecule has 12 heterocycles. The van der Waals surface area contributed by atoms with E-state index in [4.69, 9.17) is 53.0 Å². The second-order valence-electron chi connectivity index (χ2n) is 10.8. The normalized spacial score (nSPS) is 12.9. The molecule has 0 aliphatic carbocycles. The van der Waals surface area contributed by atoms with Crippen LogP contribution in [0.15, 0.2) is 65.1 Å². The fraction of sp³-hybridized carbons (Fsp3) is 0. The topological polar surface area (TPSA) is 253 Å². The van der Waals surface area contributed by atoms with Crippen LogP contribution in [0.1, 0.15) is 11.5 Å². The van der Waals surface area contributed by atoms with E-state index in [1.54, 1.807) is 24.3 Å². The van der Waals surface area contributed by atoms with Gasteiger partial charge in [0, 0.05) is 0 Å². The zero-order chi connectivity index (χ0) is 31.7. The van der Waals surface area contributed by atoms with Crippen LogP contribution in [0.2, 0.25) is 0 Å². The van der Waals surface area contributed by atoms with Crippen LogP contribution in [0.5, 0.6) is 0 Å². The molecule has 48 heavy (non-hydrogen) atoms. The Labute approximate surface area is 256 Å². The number of rotatable bonds is 2. The van der Waals surface area contributed by atoms with E-state index in [-0.39, 0.29) is 86.9 Å². The molecule has 0 aliphatic heterocycles. The van der Waals surface area contributed by atoms with E-state index >= 15 is 0 Å². The zero-order valence-corrected chi connectivity index (χ0v) is 22.8. The van der Waals surface area contributed by atoms with Gasteiger partial charge >= 0.3 is 63.6 Å². The maximum Gasteiger partial charge on any atom is 0.304 e. The summed E-state index contributed by atoms with van der Waals surface area (Å²) >= 11 is 0. The molecule has 0 saturated carbocycles. The van der Waals surface area contributed by atoms with Crippen LogP contribution in [-0.2, 0) is 0 Å². The van der Waals surface area contributed by atoms with Gasteiger partial charge in [-0.15, -0.1) is 0 Å². The van der Waals surface area contributed by atoms with Crippen molar-refractivity contribution in [1.82, 2.24) is 0 Å². The average Bonchev–Trinajstić information content (AvgIpc) is 3.87. The Balaban J connectivity index is 1.22. The lowest BCUT2D eigenvalue weighted by atomic mass is 10.1. The summed E-state index contributed by atoms with van der Waals surface area (Å²) in [6, 6.07) is 10.2. The molecule has 2 radical (unpaired) electrons. The van der Waals surface area contributed by atoms with Crippen molar-refractivity contribution >= 4 is 123 Å². The summed E-state index contributed by atoms with van der Waals surface area (Å²) in [5, 5.41) is 42.4. The third-order valence-corrected chi connectivity index (χ3v) is 8.57. The molecule has 0 atom stereocenters. The summed E-state index contributed by atoms with van der Waals surface area (Å²) in [5.41, 5.74) is 0. The van der Waals surface area contributed by atoms with E-state index in [0.29, 0.717) is 59.2 Å². The van der Waals surface area contributed by atoms with Crippen molar-refractivity contribution in [2.45, 2.75) is 0 Å². The largest absolute Gasteiger partial charge is 0.427 e. The van der Waals surface area contributed by atoms with Crippen molar-refractivity contribution < 1.29 is 53.0 Å². The van der Waals surface area contributed by atoms with Crippen molar-refractivity contribution in [2.24, 2.45) is 0 Å². The summed E-state index contributed by atoms with van der Waals surface area (Å²) < 4.78 is 70.2. The van der Waals surface area contributed by atoms with Crippen LogP contribution in [0, 0.1) is 57.2 Å². The van der Waals surface area contributed by atoms with E-state index in [9.17, 15) is 21.0 Å². The SMILES string of the molecule is N#C[C](C#N)c1cc2c(o1)oc1oc3oc4oc5oc6oc7oc8oc9oc%10oc%11oc([C](C#N)C#N)cc%11c%10c9c8c7c6c5c4c3c12. The smallest absolute Gasteiger partial charge is 0.304 e. The predicted molar refractivity (Wildman–Crippen MR) is 153 cm³/mol. The van der Waals surface area contributed by atoms with Crippen LogP contribution >= 0.6 is 0 Å². The monoisotopic (exact) mass is 634 g/mol. The zero-order valence-electron chi connectivity index (χ0n) is 22.8. The highest BCUT2D eigenvalue weighted by molar-refractivity contribution is 6.39. The first kappa shape index (κ1) is 23.5. The summed E-state index contributed by atoms with van der Waals surface area (Å²) in [5.74, 6) is 0.485. The highest BCUT2D eigenvalue weighted by Gasteiger charge is 2.35. The van der Waals surface area contributed by atoms with Crippen LogP contribution in [0.4, 0.5) is 0 Å². The number of furan rings is 12. The molecule has 0 spiro atoms. The molecule has 0 fully saturated rings. The molecule has 0 bridgehead atoms. The maximum atomic E-state index is 9.35. The molecule has 12 aromatic rings. The molecule has 0 N–H and O–H groups in total.